The monoisotopic (exact) mass is 414 g/mol. The van der Waals surface area contributed by atoms with E-state index in [4.69, 9.17) is 4.74 Å². The van der Waals surface area contributed by atoms with E-state index in [0.717, 1.165) is 4.90 Å². The molecule has 0 aliphatic carbocycles. The van der Waals surface area contributed by atoms with Crippen LogP contribution in [0, 0.1) is 5.82 Å². The van der Waals surface area contributed by atoms with Crippen LogP contribution in [0.3, 0.4) is 0 Å². The van der Waals surface area contributed by atoms with Gasteiger partial charge in [0, 0.05) is 4.90 Å². The third-order valence-corrected chi connectivity index (χ3v) is 5.83. The summed E-state index contributed by atoms with van der Waals surface area (Å²) in [4.78, 5) is 19.1. The highest BCUT2D eigenvalue weighted by Crippen LogP contribution is 2.39. The Kier molecular flexibility index (Phi) is 5.25. The molecule has 9 heteroatoms. The van der Waals surface area contributed by atoms with Gasteiger partial charge in [-0.05, 0) is 35.9 Å². The lowest BCUT2D eigenvalue weighted by Gasteiger charge is -2.37. The van der Waals surface area contributed by atoms with E-state index in [2.05, 4.69) is 10.1 Å². The number of benzene rings is 2. The Morgan fingerprint density at radius 3 is 2.72 bits per heavy atom. The molecule has 1 unspecified atom stereocenters. The number of carbonyl (C=O) groups is 1. The minimum absolute atomic E-state index is 0.0167. The van der Waals surface area contributed by atoms with E-state index < -0.39 is 11.4 Å². The highest BCUT2D eigenvalue weighted by Gasteiger charge is 2.37. The maximum Gasteiger partial charge on any atom is 0.237 e. The van der Waals surface area contributed by atoms with Crippen LogP contribution in [0.1, 0.15) is 5.56 Å². The summed E-state index contributed by atoms with van der Waals surface area (Å²) in [5.74, 6) is 0.428. The van der Waals surface area contributed by atoms with Crippen molar-refractivity contribution < 1.29 is 19.0 Å². The second-order valence-electron chi connectivity index (χ2n) is 6.73. The van der Waals surface area contributed by atoms with Crippen molar-refractivity contribution in [3.05, 3.63) is 66.5 Å². The van der Waals surface area contributed by atoms with Crippen LogP contribution in [0.15, 0.2) is 60.0 Å². The smallest absolute Gasteiger partial charge is 0.237 e. The molecule has 150 valence electrons. The summed E-state index contributed by atoms with van der Waals surface area (Å²) >= 11 is 1.43. The number of fused-ring (bicyclic) bond motifs is 1. The fourth-order valence-corrected chi connectivity index (χ4v) is 4.28. The van der Waals surface area contributed by atoms with Crippen molar-refractivity contribution in [1.29, 1.82) is 0 Å². The first-order valence-electron chi connectivity index (χ1n) is 8.90. The van der Waals surface area contributed by atoms with Crippen LogP contribution < -0.4 is 9.64 Å². The van der Waals surface area contributed by atoms with E-state index in [0.29, 0.717) is 17.0 Å². The van der Waals surface area contributed by atoms with Gasteiger partial charge in [0.2, 0.25) is 5.91 Å². The number of ether oxygens (including phenoxy) is 1. The summed E-state index contributed by atoms with van der Waals surface area (Å²) < 4.78 is 20.2. The standard InChI is InChI=1S/C20H19FN4O3S/c1-28-16-6-7-17-18(8-16)29-9-19(26)25(17)11-20(27,10-24-13-22-12-23-24)14-2-4-15(21)5-3-14/h2-8,12-13,27H,9-11H2,1H3. The summed E-state index contributed by atoms with van der Waals surface area (Å²) in [5, 5.41) is 15.7. The molecule has 1 amide bonds. The topological polar surface area (TPSA) is 80.5 Å². The molecular formula is C20H19FN4O3S. The van der Waals surface area contributed by atoms with Crippen LogP contribution in [0.25, 0.3) is 0 Å². The highest BCUT2D eigenvalue weighted by molar-refractivity contribution is 8.00. The molecule has 3 aromatic rings. The first kappa shape index (κ1) is 19.4. The first-order chi connectivity index (χ1) is 14.0. The Balaban J connectivity index is 1.72. The number of aromatic nitrogens is 3. The number of thioether (sulfide) groups is 1. The molecule has 1 atom stereocenters. The van der Waals surface area contributed by atoms with Crippen LogP contribution in [0.5, 0.6) is 5.75 Å². The normalized spacial score (nSPS) is 15.7. The van der Waals surface area contributed by atoms with Gasteiger partial charge in [0.1, 0.15) is 29.8 Å². The van der Waals surface area contributed by atoms with Gasteiger partial charge in [0.15, 0.2) is 0 Å². The Morgan fingerprint density at radius 2 is 2.03 bits per heavy atom. The zero-order valence-electron chi connectivity index (χ0n) is 15.7. The molecule has 1 aliphatic heterocycles. The van der Waals surface area contributed by atoms with Crippen molar-refractivity contribution >= 4 is 23.4 Å². The summed E-state index contributed by atoms with van der Waals surface area (Å²) in [6, 6.07) is 11.1. The lowest BCUT2D eigenvalue weighted by atomic mass is 9.92. The minimum atomic E-state index is -1.50. The van der Waals surface area contributed by atoms with Crippen molar-refractivity contribution in [3.63, 3.8) is 0 Å². The quantitative estimate of drug-likeness (QED) is 0.668. The van der Waals surface area contributed by atoms with Crippen molar-refractivity contribution in [2.24, 2.45) is 0 Å². The number of methoxy groups -OCH3 is 1. The van der Waals surface area contributed by atoms with Crippen molar-refractivity contribution in [2.75, 3.05) is 24.3 Å². The van der Waals surface area contributed by atoms with E-state index in [1.807, 2.05) is 6.07 Å². The van der Waals surface area contributed by atoms with Crippen LogP contribution in [-0.2, 0) is 16.9 Å². The van der Waals surface area contributed by atoms with Gasteiger partial charge < -0.3 is 14.7 Å². The van der Waals surface area contributed by atoms with Gasteiger partial charge in [-0.2, -0.15) is 5.10 Å². The number of amides is 1. The second-order valence-corrected chi connectivity index (χ2v) is 7.75. The number of hydrogen-bond acceptors (Lipinski definition) is 6. The number of halogens is 1. The number of nitrogens with zero attached hydrogens (tertiary/aromatic N) is 4. The Morgan fingerprint density at radius 1 is 1.24 bits per heavy atom. The molecule has 2 aromatic carbocycles. The fourth-order valence-electron chi connectivity index (χ4n) is 3.32. The molecule has 29 heavy (non-hydrogen) atoms. The third kappa shape index (κ3) is 3.96. The van der Waals surface area contributed by atoms with Gasteiger partial charge in [0.25, 0.3) is 0 Å². The molecule has 0 saturated carbocycles. The van der Waals surface area contributed by atoms with Crippen LogP contribution >= 0.6 is 11.8 Å². The van der Waals surface area contributed by atoms with Crippen LogP contribution in [0.2, 0.25) is 0 Å². The fraction of sp³-hybridized carbons (Fsp3) is 0.250. The molecule has 0 radical (unpaired) electrons. The predicted molar refractivity (Wildman–Crippen MR) is 106 cm³/mol. The molecule has 1 aliphatic rings. The number of rotatable bonds is 6. The van der Waals surface area contributed by atoms with Gasteiger partial charge in [0.05, 0.1) is 31.6 Å². The number of anilines is 1. The molecular weight excluding hydrogens is 395 g/mol. The molecule has 0 fully saturated rings. The summed E-state index contributed by atoms with van der Waals surface area (Å²) in [6.07, 6.45) is 2.86. The number of β-amino-alcohol motifs (C(OH)–C–C–N with tert-alkyl or cyclic N) is 1. The van der Waals surface area contributed by atoms with Gasteiger partial charge in [-0.1, -0.05) is 12.1 Å². The highest BCUT2D eigenvalue weighted by atomic mass is 32.2. The SMILES string of the molecule is COc1ccc2c(c1)SCC(=O)N2CC(O)(Cn1cncn1)c1ccc(F)cc1. The lowest BCUT2D eigenvalue weighted by Crippen LogP contribution is -2.48. The molecule has 0 bridgehead atoms. The molecule has 7 nitrogen and oxygen atoms in total. The molecule has 4 rings (SSSR count). The Bertz CT molecular complexity index is 1010. The summed E-state index contributed by atoms with van der Waals surface area (Å²) in [7, 11) is 1.59. The number of hydrogen-bond donors (Lipinski definition) is 1. The predicted octanol–water partition coefficient (Wildman–Crippen LogP) is 2.45. The summed E-state index contributed by atoms with van der Waals surface area (Å²) in [5.41, 5.74) is -0.322. The number of aliphatic hydroxyl groups is 1. The molecule has 2 heterocycles. The van der Waals surface area contributed by atoms with E-state index in [9.17, 15) is 14.3 Å². The summed E-state index contributed by atoms with van der Waals surface area (Å²) in [6.45, 7) is 0.0399. The van der Waals surface area contributed by atoms with Crippen LogP contribution in [-0.4, -0.2) is 45.2 Å². The van der Waals surface area contributed by atoms with E-state index in [1.54, 1.807) is 24.1 Å². The third-order valence-electron chi connectivity index (χ3n) is 4.80. The molecule has 1 N–H and O–H groups in total. The van der Waals surface area contributed by atoms with Crippen molar-refractivity contribution in [2.45, 2.75) is 17.0 Å². The molecule has 0 spiro atoms. The molecule has 0 saturated heterocycles. The van der Waals surface area contributed by atoms with Gasteiger partial charge in [-0.25, -0.2) is 14.1 Å². The largest absolute Gasteiger partial charge is 0.497 e. The minimum Gasteiger partial charge on any atom is -0.497 e. The van der Waals surface area contributed by atoms with Gasteiger partial charge >= 0.3 is 0 Å². The lowest BCUT2D eigenvalue weighted by molar-refractivity contribution is -0.117. The van der Waals surface area contributed by atoms with E-state index >= 15 is 0 Å². The van der Waals surface area contributed by atoms with Gasteiger partial charge in [-0.15, -0.1) is 11.8 Å². The second kappa shape index (κ2) is 7.84. The molecule has 1 aromatic heterocycles. The average Bonchev–Trinajstić information content (AvgIpc) is 3.23. The van der Waals surface area contributed by atoms with Gasteiger partial charge in [-0.3, -0.25) is 4.79 Å². The Labute approximate surface area is 171 Å². The van der Waals surface area contributed by atoms with Crippen molar-refractivity contribution in [1.82, 2.24) is 14.8 Å². The van der Waals surface area contributed by atoms with Crippen molar-refractivity contribution in [3.8, 4) is 5.75 Å². The average molecular weight is 414 g/mol. The maximum atomic E-state index is 13.5. The zero-order valence-corrected chi connectivity index (χ0v) is 16.5. The maximum absolute atomic E-state index is 13.5. The van der Waals surface area contributed by atoms with Crippen LogP contribution in [0.4, 0.5) is 10.1 Å². The number of carbonyl (C=O) groups excluding carboxylic acids is 1. The first-order valence-corrected chi connectivity index (χ1v) is 9.89. The van der Waals surface area contributed by atoms with E-state index in [1.165, 1.54) is 53.4 Å². The zero-order chi connectivity index (χ0) is 20.4. The van der Waals surface area contributed by atoms with E-state index in [-0.39, 0.29) is 24.7 Å². The Hall–Kier alpha value is -2.91.